The molecule has 4 nitrogen and oxygen atoms in total. The number of benzene rings is 1. The molecule has 0 aliphatic heterocycles. The average Bonchev–Trinajstić information content (AvgIpc) is 2.03. The number of hydrogen-bond donors (Lipinski definition) is 0. The highest BCUT2D eigenvalue weighted by atomic mass is 19.1. The van der Waals surface area contributed by atoms with Gasteiger partial charge in [-0.1, -0.05) is 0 Å². The lowest BCUT2D eigenvalue weighted by Crippen LogP contribution is -1.87. The van der Waals surface area contributed by atoms with Crippen LogP contribution in [-0.2, 0) is 0 Å². The highest BCUT2D eigenvalue weighted by Crippen LogP contribution is 2.21. The highest BCUT2D eigenvalue weighted by Gasteiger charge is 2.08. The van der Waals surface area contributed by atoms with Crippen molar-refractivity contribution in [2.24, 2.45) is 0 Å². The Morgan fingerprint density at radius 3 is 2.67 bits per heavy atom. The minimum Gasteiger partial charge on any atom is -0.258 e. The second-order valence-electron chi connectivity index (χ2n) is 2.04. The lowest BCUT2D eigenvalue weighted by Gasteiger charge is -1.92. The zero-order chi connectivity index (χ0) is 9.14. The van der Waals surface area contributed by atoms with E-state index in [1.54, 1.807) is 0 Å². The second kappa shape index (κ2) is 2.96. The maximum absolute atomic E-state index is 12.5. The van der Waals surface area contributed by atoms with Gasteiger partial charge in [-0.25, -0.2) is 9.24 Å². The first-order chi connectivity index (χ1) is 5.63. The Morgan fingerprint density at radius 1 is 1.50 bits per heavy atom. The van der Waals surface area contributed by atoms with Crippen LogP contribution in [0.4, 0.5) is 15.8 Å². The standard InChI is InChI=1S/C7H3FN2O2/c1-9-6-2-5(8)3-7(4-6)10(11)12/h2-4H. The molecule has 12 heavy (non-hydrogen) atoms. The number of halogens is 1. The fourth-order valence-corrected chi connectivity index (χ4v) is 0.729. The Hall–Kier alpha value is -1.96. The molecule has 1 aromatic carbocycles. The van der Waals surface area contributed by atoms with Crippen LogP contribution in [0.25, 0.3) is 4.85 Å². The summed E-state index contributed by atoms with van der Waals surface area (Å²) in [4.78, 5) is 12.3. The largest absolute Gasteiger partial charge is 0.262 e. The Morgan fingerprint density at radius 2 is 2.17 bits per heavy atom. The normalized spacial score (nSPS) is 9.00. The van der Waals surface area contributed by atoms with E-state index in [4.69, 9.17) is 6.57 Å². The molecule has 0 spiro atoms. The van der Waals surface area contributed by atoms with Crippen LogP contribution in [0.2, 0.25) is 0 Å². The molecule has 1 aromatic rings. The summed E-state index contributed by atoms with van der Waals surface area (Å²) in [6, 6.07) is 2.74. The van der Waals surface area contributed by atoms with Crippen molar-refractivity contribution in [3.63, 3.8) is 0 Å². The zero-order valence-corrected chi connectivity index (χ0v) is 5.82. The zero-order valence-electron chi connectivity index (χ0n) is 5.82. The van der Waals surface area contributed by atoms with E-state index in [0.29, 0.717) is 0 Å². The third-order valence-electron chi connectivity index (χ3n) is 1.21. The minimum absolute atomic E-state index is 0.0679. The summed E-state index contributed by atoms with van der Waals surface area (Å²) >= 11 is 0. The molecular weight excluding hydrogens is 163 g/mol. The SMILES string of the molecule is [C-]#[N+]c1cc(F)cc([N+](=O)[O-])c1. The van der Waals surface area contributed by atoms with Gasteiger partial charge in [-0.05, 0) is 6.07 Å². The van der Waals surface area contributed by atoms with Gasteiger partial charge in [-0.15, -0.1) is 0 Å². The maximum atomic E-state index is 12.5. The van der Waals surface area contributed by atoms with E-state index in [0.717, 1.165) is 18.2 Å². The smallest absolute Gasteiger partial charge is 0.258 e. The molecular formula is C7H3FN2O2. The van der Waals surface area contributed by atoms with Crippen molar-refractivity contribution < 1.29 is 9.31 Å². The molecule has 0 atom stereocenters. The van der Waals surface area contributed by atoms with E-state index in [-0.39, 0.29) is 5.69 Å². The van der Waals surface area contributed by atoms with Crippen molar-refractivity contribution in [1.29, 1.82) is 0 Å². The molecule has 0 heterocycles. The summed E-state index contributed by atoms with van der Waals surface area (Å²) < 4.78 is 12.5. The predicted molar refractivity (Wildman–Crippen MR) is 39.3 cm³/mol. The van der Waals surface area contributed by atoms with Gasteiger partial charge >= 0.3 is 0 Å². The summed E-state index contributed by atoms with van der Waals surface area (Å²) in [5.74, 6) is -0.768. The fraction of sp³-hybridized carbons (Fsp3) is 0. The van der Waals surface area contributed by atoms with Gasteiger partial charge < -0.3 is 0 Å². The number of hydrogen-bond acceptors (Lipinski definition) is 2. The van der Waals surface area contributed by atoms with E-state index in [2.05, 4.69) is 4.85 Å². The maximum Gasteiger partial charge on any atom is 0.262 e. The Balaban J connectivity index is 3.26. The molecule has 0 amide bonds. The van der Waals surface area contributed by atoms with E-state index in [1.807, 2.05) is 0 Å². The first kappa shape index (κ1) is 8.14. The number of rotatable bonds is 1. The molecule has 0 fully saturated rings. The van der Waals surface area contributed by atoms with Gasteiger partial charge in [0.05, 0.1) is 11.5 Å². The second-order valence-corrected chi connectivity index (χ2v) is 2.04. The van der Waals surface area contributed by atoms with Crippen molar-refractivity contribution in [3.8, 4) is 0 Å². The number of nitro groups is 1. The van der Waals surface area contributed by atoms with E-state index in [1.165, 1.54) is 0 Å². The van der Waals surface area contributed by atoms with Crippen molar-refractivity contribution in [1.82, 2.24) is 0 Å². The number of nitrogens with zero attached hydrogens (tertiary/aromatic N) is 2. The molecule has 5 heteroatoms. The predicted octanol–water partition coefficient (Wildman–Crippen LogP) is 2.28. The van der Waals surface area contributed by atoms with Gasteiger partial charge in [0, 0.05) is 12.1 Å². The minimum atomic E-state index is -0.768. The summed E-state index contributed by atoms with van der Waals surface area (Å²) in [5, 5.41) is 10.2. The third-order valence-corrected chi connectivity index (χ3v) is 1.21. The molecule has 0 aromatic heterocycles. The molecule has 0 aliphatic rings. The van der Waals surface area contributed by atoms with Gasteiger partial charge in [-0.3, -0.25) is 10.1 Å². The quantitative estimate of drug-likeness (QED) is 0.365. The molecule has 0 N–H and O–H groups in total. The number of nitro benzene ring substituents is 1. The van der Waals surface area contributed by atoms with Crippen LogP contribution in [0, 0.1) is 22.5 Å². The molecule has 0 bridgehead atoms. The molecule has 0 aliphatic carbocycles. The van der Waals surface area contributed by atoms with E-state index < -0.39 is 16.4 Å². The van der Waals surface area contributed by atoms with Crippen LogP contribution in [-0.4, -0.2) is 4.92 Å². The third kappa shape index (κ3) is 1.55. The van der Waals surface area contributed by atoms with Gasteiger partial charge in [-0.2, -0.15) is 0 Å². The molecule has 0 radical (unpaired) electrons. The van der Waals surface area contributed by atoms with Crippen LogP contribution in [0.3, 0.4) is 0 Å². The van der Waals surface area contributed by atoms with Gasteiger partial charge in [0.1, 0.15) is 5.82 Å². The van der Waals surface area contributed by atoms with Crippen LogP contribution in [0.5, 0.6) is 0 Å². The average molecular weight is 166 g/mol. The Bertz CT molecular complexity index is 370. The first-order valence-electron chi connectivity index (χ1n) is 2.96. The molecule has 60 valence electrons. The van der Waals surface area contributed by atoms with Gasteiger partial charge in [0.2, 0.25) is 0 Å². The molecule has 0 saturated heterocycles. The van der Waals surface area contributed by atoms with Crippen molar-refractivity contribution in [2.75, 3.05) is 0 Å². The highest BCUT2D eigenvalue weighted by molar-refractivity contribution is 5.52. The van der Waals surface area contributed by atoms with Crippen molar-refractivity contribution in [2.45, 2.75) is 0 Å². The summed E-state index contributed by atoms with van der Waals surface area (Å²) in [7, 11) is 0. The van der Waals surface area contributed by atoms with Gasteiger partial charge in [0.25, 0.3) is 5.69 Å². The molecule has 0 saturated carbocycles. The van der Waals surface area contributed by atoms with Crippen molar-refractivity contribution in [3.05, 3.63) is 45.5 Å². The van der Waals surface area contributed by atoms with Crippen LogP contribution in [0.15, 0.2) is 18.2 Å². The van der Waals surface area contributed by atoms with Crippen molar-refractivity contribution >= 4 is 11.4 Å². The summed E-state index contributed by atoms with van der Waals surface area (Å²) in [5.41, 5.74) is -0.470. The topological polar surface area (TPSA) is 47.5 Å². The monoisotopic (exact) mass is 166 g/mol. The first-order valence-corrected chi connectivity index (χ1v) is 2.96. The Labute approximate surface area is 67.2 Å². The van der Waals surface area contributed by atoms with E-state index in [9.17, 15) is 14.5 Å². The molecule has 0 unspecified atom stereocenters. The summed E-state index contributed by atoms with van der Waals surface area (Å²) in [6.07, 6.45) is 0. The summed E-state index contributed by atoms with van der Waals surface area (Å²) in [6.45, 7) is 6.51. The van der Waals surface area contributed by atoms with Crippen LogP contribution < -0.4 is 0 Å². The fourth-order valence-electron chi connectivity index (χ4n) is 0.729. The van der Waals surface area contributed by atoms with Crippen LogP contribution in [0.1, 0.15) is 0 Å². The Kier molecular flexibility index (Phi) is 2.01. The van der Waals surface area contributed by atoms with E-state index >= 15 is 0 Å². The number of non-ortho nitro benzene ring substituents is 1. The molecule has 1 rings (SSSR count). The van der Waals surface area contributed by atoms with Crippen LogP contribution >= 0.6 is 0 Å². The lowest BCUT2D eigenvalue weighted by molar-refractivity contribution is -0.385. The van der Waals surface area contributed by atoms with Gasteiger partial charge in [0.15, 0.2) is 5.69 Å². The lowest BCUT2D eigenvalue weighted by atomic mass is 10.3.